The number of nitrogens with zero attached hydrogens (tertiary/aromatic N) is 5. The molecule has 0 atom stereocenters. The van der Waals surface area contributed by atoms with Crippen molar-refractivity contribution in [3.63, 3.8) is 0 Å². The largest absolute Gasteiger partial charge is 0.420 e. The number of hydrogen-bond donors (Lipinski definition) is 1. The lowest BCUT2D eigenvalue weighted by molar-refractivity contribution is 0.528. The van der Waals surface area contributed by atoms with Crippen LogP contribution < -0.4 is 5.56 Å². The van der Waals surface area contributed by atoms with Crippen LogP contribution in [0.25, 0.3) is 28.2 Å². The van der Waals surface area contributed by atoms with Gasteiger partial charge in [-0.25, -0.2) is 9.67 Å². The lowest BCUT2D eigenvalue weighted by Gasteiger charge is -2.03. The first-order valence-electron chi connectivity index (χ1n) is 9.23. The van der Waals surface area contributed by atoms with Crippen LogP contribution >= 0.6 is 11.8 Å². The Morgan fingerprint density at radius 1 is 1.07 bits per heavy atom. The molecule has 0 aliphatic rings. The Balaban J connectivity index is 1.40. The molecule has 5 aromatic rings. The summed E-state index contributed by atoms with van der Waals surface area (Å²) < 4.78 is 7.40. The summed E-state index contributed by atoms with van der Waals surface area (Å²) in [5, 5.41) is 13.4. The summed E-state index contributed by atoms with van der Waals surface area (Å²) in [5.74, 6) is 1.30. The summed E-state index contributed by atoms with van der Waals surface area (Å²) in [6.45, 7) is 2.02. The second-order valence-corrected chi connectivity index (χ2v) is 7.62. The highest BCUT2D eigenvalue weighted by Gasteiger charge is 2.14. The van der Waals surface area contributed by atoms with Gasteiger partial charge in [-0.1, -0.05) is 47.7 Å². The molecule has 5 rings (SSSR count). The van der Waals surface area contributed by atoms with Crippen molar-refractivity contribution in [3.05, 3.63) is 82.6 Å². The van der Waals surface area contributed by atoms with Crippen molar-refractivity contribution < 1.29 is 4.42 Å². The van der Waals surface area contributed by atoms with Gasteiger partial charge in [0.1, 0.15) is 5.39 Å². The van der Waals surface area contributed by atoms with Crippen molar-refractivity contribution in [2.75, 3.05) is 0 Å². The number of fused-ring (bicyclic) bond motifs is 1. The van der Waals surface area contributed by atoms with E-state index in [9.17, 15) is 4.79 Å². The first kappa shape index (κ1) is 18.3. The number of aromatic nitrogens is 6. The van der Waals surface area contributed by atoms with Crippen LogP contribution in [0.15, 0.2) is 75.2 Å². The molecule has 0 aliphatic carbocycles. The van der Waals surface area contributed by atoms with Crippen LogP contribution in [0.4, 0.5) is 0 Å². The molecule has 0 bridgehead atoms. The molecule has 3 aromatic heterocycles. The van der Waals surface area contributed by atoms with E-state index in [4.69, 9.17) is 4.42 Å². The van der Waals surface area contributed by atoms with Crippen LogP contribution in [0, 0.1) is 6.92 Å². The van der Waals surface area contributed by atoms with E-state index in [1.54, 1.807) is 4.68 Å². The van der Waals surface area contributed by atoms with Crippen molar-refractivity contribution in [1.82, 2.24) is 29.9 Å². The summed E-state index contributed by atoms with van der Waals surface area (Å²) in [7, 11) is 0. The van der Waals surface area contributed by atoms with Crippen LogP contribution in [-0.2, 0) is 5.75 Å². The fraction of sp³-hybridized carbons (Fsp3) is 0.0952. The van der Waals surface area contributed by atoms with Crippen molar-refractivity contribution >= 4 is 22.8 Å². The van der Waals surface area contributed by atoms with Crippen LogP contribution in [0.1, 0.15) is 11.5 Å². The van der Waals surface area contributed by atoms with Gasteiger partial charge in [-0.2, -0.15) is 5.10 Å². The van der Waals surface area contributed by atoms with Crippen molar-refractivity contribution in [1.29, 1.82) is 0 Å². The van der Waals surface area contributed by atoms with Gasteiger partial charge in [-0.3, -0.25) is 4.79 Å². The first-order valence-corrected chi connectivity index (χ1v) is 10.2. The van der Waals surface area contributed by atoms with Crippen molar-refractivity contribution in [2.45, 2.75) is 17.8 Å². The average molecular weight is 416 g/mol. The summed E-state index contributed by atoms with van der Waals surface area (Å²) in [4.78, 5) is 19.8. The summed E-state index contributed by atoms with van der Waals surface area (Å²) in [5.41, 5.74) is 3.12. The van der Waals surface area contributed by atoms with Gasteiger partial charge < -0.3 is 9.40 Å². The number of rotatable bonds is 5. The molecule has 8 nitrogen and oxygen atoms in total. The molecule has 0 amide bonds. The second-order valence-electron chi connectivity index (χ2n) is 6.66. The number of thioether (sulfide) groups is 1. The number of aryl methyl sites for hydroxylation is 1. The maximum absolute atomic E-state index is 12.5. The smallest absolute Gasteiger partial charge is 0.262 e. The van der Waals surface area contributed by atoms with Crippen LogP contribution in [0.3, 0.4) is 0 Å². The minimum atomic E-state index is -0.240. The maximum atomic E-state index is 12.5. The third kappa shape index (κ3) is 3.50. The molecule has 2 aromatic carbocycles. The normalized spacial score (nSPS) is 11.2. The molecular formula is C21H16N6O2S. The molecule has 0 saturated heterocycles. The van der Waals surface area contributed by atoms with Gasteiger partial charge in [0.25, 0.3) is 5.56 Å². The zero-order valence-electron chi connectivity index (χ0n) is 15.9. The van der Waals surface area contributed by atoms with E-state index in [1.807, 2.05) is 61.5 Å². The van der Waals surface area contributed by atoms with E-state index in [0.29, 0.717) is 33.7 Å². The minimum absolute atomic E-state index is 0.240. The molecule has 3 heterocycles. The number of hydrogen-bond acceptors (Lipinski definition) is 7. The van der Waals surface area contributed by atoms with Crippen LogP contribution in [0.5, 0.6) is 0 Å². The number of aromatic amines is 1. The van der Waals surface area contributed by atoms with Gasteiger partial charge >= 0.3 is 0 Å². The zero-order valence-corrected chi connectivity index (χ0v) is 16.8. The highest BCUT2D eigenvalue weighted by molar-refractivity contribution is 7.98. The van der Waals surface area contributed by atoms with Gasteiger partial charge in [0.2, 0.25) is 11.8 Å². The van der Waals surface area contributed by atoms with E-state index in [2.05, 4.69) is 25.3 Å². The predicted octanol–water partition coefficient (Wildman–Crippen LogP) is 3.76. The lowest BCUT2D eigenvalue weighted by atomic mass is 10.1. The molecule has 0 aliphatic heterocycles. The van der Waals surface area contributed by atoms with E-state index < -0.39 is 0 Å². The third-order valence-electron chi connectivity index (χ3n) is 4.51. The highest BCUT2D eigenvalue weighted by Crippen LogP contribution is 2.23. The Morgan fingerprint density at radius 2 is 1.87 bits per heavy atom. The van der Waals surface area contributed by atoms with Crippen molar-refractivity contribution in [2.24, 2.45) is 0 Å². The van der Waals surface area contributed by atoms with Crippen LogP contribution in [-0.4, -0.2) is 29.9 Å². The Bertz CT molecular complexity index is 1370. The quantitative estimate of drug-likeness (QED) is 0.344. The monoisotopic (exact) mass is 416 g/mol. The van der Waals surface area contributed by atoms with E-state index in [-0.39, 0.29) is 5.56 Å². The SMILES string of the molecule is Cc1ccc(-c2nnc(CSc3nc4c(cnn4-c4ccccc4)c(=O)[nH]3)o2)cc1. The van der Waals surface area contributed by atoms with Gasteiger partial charge in [-0.15, -0.1) is 10.2 Å². The van der Waals surface area contributed by atoms with E-state index in [1.165, 1.54) is 18.0 Å². The van der Waals surface area contributed by atoms with Crippen LogP contribution in [0.2, 0.25) is 0 Å². The standard InChI is InChI=1S/C21H16N6O2S/c1-13-7-9-14(10-8-13)20-26-25-17(29-20)12-30-21-23-18-16(19(28)24-21)11-22-27(18)15-5-3-2-4-6-15/h2-11H,12H2,1H3,(H,23,24,28). The highest BCUT2D eigenvalue weighted by atomic mass is 32.2. The van der Waals surface area contributed by atoms with Crippen molar-refractivity contribution in [3.8, 4) is 17.1 Å². The maximum Gasteiger partial charge on any atom is 0.262 e. The molecule has 9 heteroatoms. The third-order valence-corrected chi connectivity index (χ3v) is 5.37. The molecule has 0 radical (unpaired) electrons. The first-order chi connectivity index (χ1) is 14.7. The van der Waals surface area contributed by atoms with E-state index in [0.717, 1.165) is 16.8 Å². The number of H-pyrrole nitrogens is 1. The van der Waals surface area contributed by atoms with Gasteiger partial charge in [0.15, 0.2) is 10.8 Å². The molecular weight excluding hydrogens is 400 g/mol. The lowest BCUT2D eigenvalue weighted by Crippen LogP contribution is -2.09. The Kier molecular flexibility index (Phi) is 4.64. The summed E-state index contributed by atoms with van der Waals surface area (Å²) in [6.07, 6.45) is 1.52. The molecule has 148 valence electrons. The minimum Gasteiger partial charge on any atom is -0.420 e. The Labute approximate surface area is 175 Å². The van der Waals surface area contributed by atoms with Gasteiger partial charge in [-0.05, 0) is 31.2 Å². The number of nitrogens with one attached hydrogen (secondary N) is 1. The molecule has 0 spiro atoms. The molecule has 0 fully saturated rings. The fourth-order valence-corrected chi connectivity index (χ4v) is 3.67. The number of benzene rings is 2. The molecule has 0 unspecified atom stereocenters. The molecule has 1 N–H and O–H groups in total. The zero-order chi connectivity index (χ0) is 20.5. The van der Waals surface area contributed by atoms with Gasteiger partial charge in [0.05, 0.1) is 17.6 Å². The second kappa shape index (κ2) is 7.60. The Morgan fingerprint density at radius 3 is 2.67 bits per heavy atom. The fourth-order valence-electron chi connectivity index (χ4n) is 2.98. The van der Waals surface area contributed by atoms with Gasteiger partial charge in [0, 0.05) is 5.56 Å². The molecule has 0 saturated carbocycles. The predicted molar refractivity (Wildman–Crippen MR) is 114 cm³/mol. The molecule has 30 heavy (non-hydrogen) atoms. The average Bonchev–Trinajstić information content (AvgIpc) is 3.41. The summed E-state index contributed by atoms with van der Waals surface area (Å²) in [6, 6.07) is 17.4. The topological polar surface area (TPSA) is 102 Å². The van der Waals surface area contributed by atoms with E-state index >= 15 is 0 Å². The Hall–Kier alpha value is -3.72. The summed E-state index contributed by atoms with van der Waals surface area (Å²) >= 11 is 1.32. The number of para-hydroxylation sites is 1.